The van der Waals surface area contributed by atoms with Crippen molar-refractivity contribution in [1.29, 1.82) is 0 Å². The predicted molar refractivity (Wildman–Crippen MR) is 117 cm³/mol. The molecule has 0 aliphatic carbocycles. The Kier molecular flexibility index (Phi) is 7.83. The molecule has 0 saturated carbocycles. The van der Waals surface area contributed by atoms with Crippen molar-refractivity contribution in [3.63, 3.8) is 0 Å². The molecule has 3 rings (SSSR count). The first-order valence-corrected chi connectivity index (χ1v) is 11.0. The van der Waals surface area contributed by atoms with Crippen LogP contribution >= 0.6 is 23.4 Å². The van der Waals surface area contributed by atoms with Crippen molar-refractivity contribution < 1.29 is 14.3 Å². The minimum Gasteiger partial charge on any atom is -0.497 e. The molecule has 7 heteroatoms. The van der Waals surface area contributed by atoms with Crippen LogP contribution in [0.15, 0.2) is 53.4 Å². The van der Waals surface area contributed by atoms with Crippen LogP contribution in [-0.2, 0) is 16.0 Å². The van der Waals surface area contributed by atoms with Gasteiger partial charge < -0.3 is 14.5 Å². The first kappa shape index (κ1) is 21.5. The van der Waals surface area contributed by atoms with Gasteiger partial charge in [-0.3, -0.25) is 9.59 Å². The molecule has 0 N–H and O–H groups in total. The van der Waals surface area contributed by atoms with Crippen molar-refractivity contribution in [3.8, 4) is 5.75 Å². The standard InChI is InChI=1S/C22H25ClN2O3S/c1-28-19-6-8-20(9-7-19)29-15-10-21(26)24-11-13-25(14-12-24)22(27)16-17-2-4-18(23)5-3-17/h2-9H,10-16H2,1H3. The molecular formula is C22H25ClN2O3S. The smallest absolute Gasteiger partial charge is 0.227 e. The molecule has 0 atom stereocenters. The van der Waals surface area contributed by atoms with Gasteiger partial charge in [-0.15, -0.1) is 11.8 Å². The van der Waals surface area contributed by atoms with Gasteiger partial charge in [-0.1, -0.05) is 23.7 Å². The highest BCUT2D eigenvalue weighted by Crippen LogP contribution is 2.22. The lowest BCUT2D eigenvalue weighted by Gasteiger charge is -2.35. The summed E-state index contributed by atoms with van der Waals surface area (Å²) in [6, 6.07) is 15.2. The number of hydrogen-bond acceptors (Lipinski definition) is 4. The Balaban J connectivity index is 1.38. The number of piperazine rings is 1. The Labute approximate surface area is 181 Å². The van der Waals surface area contributed by atoms with Gasteiger partial charge in [0.15, 0.2) is 0 Å². The molecule has 1 aliphatic heterocycles. The highest BCUT2D eigenvalue weighted by atomic mass is 35.5. The molecule has 1 heterocycles. The number of carbonyl (C=O) groups excluding carboxylic acids is 2. The SMILES string of the molecule is COc1ccc(SCCC(=O)N2CCN(C(=O)Cc3ccc(Cl)cc3)CC2)cc1. The normalized spacial score (nSPS) is 14.0. The first-order valence-electron chi connectivity index (χ1n) is 9.62. The van der Waals surface area contributed by atoms with Gasteiger partial charge in [0.05, 0.1) is 13.5 Å². The van der Waals surface area contributed by atoms with Gasteiger partial charge >= 0.3 is 0 Å². The van der Waals surface area contributed by atoms with Crippen LogP contribution in [0.3, 0.4) is 0 Å². The van der Waals surface area contributed by atoms with Crippen molar-refractivity contribution >= 4 is 35.2 Å². The van der Waals surface area contributed by atoms with Crippen LogP contribution in [-0.4, -0.2) is 60.7 Å². The van der Waals surface area contributed by atoms with E-state index in [1.807, 2.05) is 46.2 Å². The summed E-state index contributed by atoms with van der Waals surface area (Å²) in [4.78, 5) is 29.8. The number of hydrogen-bond donors (Lipinski definition) is 0. The number of nitrogens with zero attached hydrogens (tertiary/aromatic N) is 2. The van der Waals surface area contributed by atoms with E-state index in [2.05, 4.69) is 0 Å². The highest BCUT2D eigenvalue weighted by molar-refractivity contribution is 7.99. The van der Waals surface area contributed by atoms with Crippen molar-refractivity contribution in [2.45, 2.75) is 17.7 Å². The van der Waals surface area contributed by atoms with Crippen LogP contribution in [0.25, 0.3) is 0 Å². The number of methoxy groups -OCH3 is 1. The number of benzene rings is 2. The largest absolute Gasteiger partial charge is 0.497 e. The van der Waals surface area contributed by atoms with E-state index in [4.69, 9.17) is 16.3 Å². The molecule has 0 unspecified atom stereocenters. The Hall–Kier alpha value is -2.18. The molecule has 29 heavy (non-hydrogen) atoms. The molecule has 154 valence electrons. The predicted octanol–water partition coefficient (Wildman–Crippen LogP) is 3.74. The van der Waals surface area contributed by atoms with Crippen LogP contribution in [0.2, 0.25) is 5.02 Å². The molecule has 2 aromatic rings. The Bertz CT molecular complexity index is 819. The lowest BCUT2D eigenvalue weighted by Crippen LogP contribution is -2.51. The van der Waals surface area contributed by atoms with E-state index >= 15 is 0 Å². The Morgan fingerprint density at radius 3 is 2.10 bits per heavy atom. The summed E-state index contributed by atoms with van der Waals surface area (Å²) in [5, 5.41) is 0.665. The number of carbonyl (C=O) groups is 2. The Morgan fingerprint density at radius 1 is 0.931 bits per heavy atom. The average molecular weight is 433 g/mol. The van der Waals surface area contributed by atoms with Gasteiger partial charge in [0.25, 0.3) is 0 Å². The average Bonchev–Trinajstić information content (AvgIpc) is 2.76. The second kappa shape index (κ2) is 10.6. The number of thioether (sulfide) groups is 1. The summed E-state index contributed by atoms with van der Waals surface area (Å²) >= 11 is 7.55. The van der Waals surface area contributed by atoms with Gasteiger partial charge in [-0.2, -0.15) is 0 Å². The fourth-order valence-electron chi connectivity index (χ4n) is 3.18. The molecule has 1 aliphatic rings. The zero-order valence-electron chi connectivity index (χ0n) is 16.5. The monoisotopic (exact) mass is 432 g/mol. The maximum Gasteiger partial charge on any atom is 0.227 e. The second-order valence-corrected chi connectivity index (χ2v) is 8.44. The van der Waals surface area contributed by atoms with E-state index in [0.29, 0.717) is 44.0 Å². The molecule has 0 radical (unpaired) electrons. The second-order valence-electron chi connectivity index (χ2n) is 6.84. The first-order chi connectivity index (χ1) is 14.0. The van der Waals surface area contributed by atoms with Gasteiger partial charge in [0.1, 0.15) is 5.75 Å². The minimum atomic E-state index is 0.0921. The maximum absolute atomic E-state index is 12.5. The van der Waals surface area contributed by atoms with Gasteiger partial charge in [0, 0.05) is 48.3 Å². The summed E-state index contributed by atoms with van der Waals surface area (Å²) < 4.78 is 5.15. The summed E-state index contributed by atoms with van der Waals surface area (Å²) in [5.41, 5.74) is 0.952. The van der Waals surface area contributed by atoms with Crippen molar-refractivity contribution in [3.05, 3.63) is 59.1 Å². The lowest BCUT2D eigenvalue weighted by atomic mass is 10.1. The highest BCUT2D eigenvalue weighted by Gasteiger charge is 2.23. The molecule has 1 fully saturated rings. The van der Waals surface area contributed by atoms with Gasteiger partial charge in [0.2, 0.25) is 11.8 Å². The molecule has 1 saturated heterocycles. The quantitative estimate of drug-likeness (QED) is 0.625. The van der Waals surface area contributed by atoms with Gasteiger partial charge in [-0.05, 0) is 42.0 Å². The van der Waals surface area contributed by atoms with Crippen LogP contribution in [0.1, 0.15) is 12.0 Å². The molecule has 2 aromatic carbocycles. The van der Waals surface area contributed by atoms with Crippen LogP contribution in [0.5, 0.6) is 5.75 Å². The third-order valence-corrected chi connectivity index (χ3v) is 6.16. The summed E-state index contributed by atoms with van der Waals surface area (Å²) in [6.45, 7) is 2.37. The van der Waals surface area contributed by atoms with E-state index in [1.54, 1.807) is 31.0 Å². The fraction of sp³-hybridized carbons (Fsp3) is 0.364. The third-order valence-electron chi connectivity index (χ3n) is 4.90. The number of amides is 2. The fourth-order valence-corrected chi connectivity index (χ4v) is 4.15. The van der Waals surface area contributed by atoms with E-state index in [0.717, 1.165) is 22.0 Å². The molecule has 5 nitrogen and oxygen atoms in total. The maximum atomic E-state index is 12.5. The topological polar surface area (TPSA) is 49.9 Å². The van der Waals surface area contributed by atoms with E-state index in [-0.39, 0.29) is 11.8 Å². The Morgan fingerprint density at radius 2 is 1.52 bits per heavy atom. The molecule has 0 bridgehead atoms. The van der Waals surface area contributed by atoms with Crippen molar-refractivity contribution in [1.82, 2.24) is 9.80 Å². The summed E-state index contributed by atoms with van der Waals surface area (Å²) in [5.74, 6) is 1.81. The molecular weight excluding hydrogens is 408 g/mol. The summed E-state index contributed by atoms with van der Waals surface area (Å²) in [7, 11) is 1.64. The van der Waals surface area contributed by atoms with Crippen LogP contribution in [0.4, 0.5) is 0 Å². The molecule has 2 amide bonds. The minimum absolute atomic E-state index is 0.0921. The van der Waals surface area contributed by atoms with Crippen molar-refractivity contribution in [2.24, 2.45) is 0 Å². The zero-order valence-corrected chi connectivity index (χ0v) is 18.0. The molecule has 0 spiro atoms. The number of rotatable bonds is 7. The third kappa shape index (κ3) is 6.41. The number of halogens is 1. The van der Waals surface area contributed by atoms with E-state index < -0.39 is 0 Å². The number of ether oxygens (including phenoxy) is 1. The van der Waals surface area contributed by atoms with E-state index in [9.17, 15) is 9.59 Å². The lowest BCUT2D eigenvalue weighted by molar-refractivity contribution is -0.138. The summed E-state index contributed by atoms with van der Waals surface area (Å²) in [6.07, 6.45) is 0.860. The zero-order chi connectivity index (χ0) is 20.6. The van der Waals surface area contributed by atoms with Gasteiger partial charge in [-0.25, -0.2) is 0 Å². The molecule has 0 aromatic heterocycles. The van der Waals surface area contributed by atoms with Crippen LogP contribution < -0.4 is 4.74 Å². The van der Waals surface area contributed by atoms with E-state index in [1.165, 1.54) is 0 Å². The van der Waals surface area contributed by atoms with Crippen molar-refractivity contribution in [2.75, 3.05) is 39.0 Å². The van der Waals surface area contributed by atoms with Crippen LogP contribution in [0, 0.1) is 0 Å².